The first-order valence-electron chi connectivity index (χ1n) is 6.61. The minimum absolute atomic E-state index is 0.0626. The van der Waals surface area contributed by atoms with Gasteiger partial charge >= 0.3 is 5.97 Å². The lowest BCUT2D eigenvalue weighted by Crippen LogP contribution is -2.43. The highest BCUT2D eigenvalue weighted by atomic mass is 16.4. The summed E-state index contributed by atoms with van der Waals surface area (Å²) in [5.74, 6) is -0.492. The number of aliphatic hydroxyl groups is 1. The highest BCUT2D eigenvalue weighted by molar-refractivity contribution is 5.86. The second-order valence-electron chi connectivity index (χ2n) is 6.23. The third-order valence-electron chi connectivity index (χ3n) is 4.89. The van der Waals surface area contributed by atoms with Gasteiger partial charge in [0.15, 0.2) is 0 Å². The minimum atomic E-state index is -0.884. The lowest BCUT2D eigenvalue weighted by atomic mass is 9.55. The monoisotopic (exact) mass is 250 g/mol. The number of carbonyl (C=O) groups is 1. The van der Waals surface area contributed by atoms with Gasteiger partial charge in [-0.1, -0.05) is 25.7 Å². The Morgan fingerprint density at radius 3 is 2.78 bits per heavy atom. The van der Waals surface area contributed by atoms with Crippen LogP contribution in [0.5, 0.6) is 0 Å². The summed E-state index contributed by atoms with van der Waals surface area (Å²) in [7, 11) is 0. The molecule has 0 saturated heterocycles. The van der Waals surface area contributed by atoms with Gasteiger partial charge in [-0.25, -0.2) is 4.79 Å². The summed E-state index contributed by atoms with van der Waals surface area (Å²) in [5.41, 5.74) is 1.50. The molecule has 2 aliphatic carbocycles. The zero-order valence-corrected chi connectivity index (χ0v) is 11.0. The predicted molar refractivity (Wildman–Crippen MR) is 70.1 cm³/mol. The number of hydrogen-bond donors (Lipinski definition) is 2. The molecule has 0 aliphatic heterocycles. The van der Waals surface area contributed by atoms with Gasteiger partial charge < -0.3 is 10.2 Å². The maximum Gasteiger partial charge on any atom is 0.331 e. The normalized spacial score (nSPS) is 40.1. The van der Waals surface area contributed by atoms with Gasteiger partial charge in [0.05, 0.1) is 6.10 Å². The predicted octanol–water partition coefficient (Wildman–Crippen LogP) is 2.76. The van der Waals surface area contributed by atoms with Gasteiger partial charge in [0, 0.05) is 5.57 Å². The molecule has 18 heavy (non-hydrogen) atoms. The third kappa shape index (κ3) is 2.24. The van der Waals surface area contributed by atoms with Crippen molar-refractivity contribution >= 4 is 5.97 Å². The SMILES string of the molecule is C=C(C(=O)O)[C@@H]1CC[C@]2(C)C[C@H](O)CC(=C)[C@H]2C1. The van der Waals surface area contributed by atoms with Crippen LogP contribution in [-0.4, -0.2) is 22.3 Å². The lowest BCUT2D eigenvalue weighted by Gasteiger charge is -2.50. The molecule has 4 atom stereocenters. The molecule has 2 aliphatic rings. The summed E-state index contributed by atoms with van der Waals surface area (Å²) in [6.45, 7) is 9.99. The van der Waals surface area contributed by atoms with E-state index in [0.717, 1.165) is 31.3 Å². The van der Waals surface area contributed by atoms with Gasteiger partial charge in [0.1, 0.15) is 0 Å². The van der Waals surface area contributed by atoms with Crippen LogP contribution in [0.2, 0.25) is 0 Å². The van der Waals surface area contributed by atoms with E-state index in [-0.39, 0.29) is 17.4 Å². The highest BCUT2D eigenvalue weighted by Crippen LogP contribution is 2.54. The Kier molecular flexibility index (Phi) is 3.37. The zero-order chi connectivity index (χ0) is 13.5. The number of carboxylic acids is 1. The molecular formula is C15H22O3. The van der Waals surface area contributed by atoms with Crippen LogP contribution in [0.15, 0.2) is 24.3 Å². The fourth-order valence-electron chi connectivity index (χ4n) is 3.82. The molecule has 0 heterocycles. The van der Waals surface area contributed by atoms with Crippen molar-refractivity contribution in [3.63, 3.8) is 0 Å². The molecule has 0 aromatic carbocycles. The molecule has 2 fully saturated rings. The van der Waals surface area contributed by atoms with E-state index < -0.39 is 5.97 Å². The Morgan fingerprint density at radius 1 is 1.50 bits per heavy atom. The van der Waals surface area contributed by atoms with Crippen LogP contribution in [0.4, 0.5) is 0 Å². The molecule has 2 rings (SSSR count). The quantitative estimate of drug-likeness (QED) is 0.585. The summed E-state index contributed by atoms with van der Waals surface area (Å²) < 4.78 is 0. The van der Waals surface area contributed by atoms with Crippen molar-refractivity contribution in [1.82, 2.24) is 0 Å². The number of fused-ring (bicyclic) bond motifs is 1. The average molecular weight is 250 g/mol. The van der Waals surface area contributed by atoms with Crippen molar-refractivity contribution in [3.05, 3.63) is 24.3 Å². The first-order valence-corrected chi connectivity index (χ1v) is 6.61. The van der Waals surface area contributed by atoms with E-state index in [2.05, 4.69) is 20.1 Å². The molecule has 3 heteroatoms. The Balaban J connectivity index is 2.16. The van der Waals surface area contributed by atoms with Crippen LogP contribution >= 0.6 is 0 Å². The molecule has 0 radical (unpaired) electrons. The smallest absolute Gasteiger partial charge is 0.331 e. The number of aliphatic carboxylic acids is 1. The molecule has 0 amide bonds. The average Bonchev–Trinajstić information content (AvgIpc) is 2.26. The van der Waals surface area contributed by atoms with Crippen molar-refractivity contribution in [2.45, 2.75) is 45.1 Å². The van der Waals surface area contributed by atoms with E-state index in [1.807, 2.05) is 0 Å². The fourth-order valence-corrected chi connectivity index (χ4v) is 3.82. The summed E-state index contributed by atoms with van der Waals surface area (Å²) in [6, 6.07) is 0. The van der Waals surface area contributed by atoms with Gasteiger partial charge in [-0.15, -0.1) is 0 Å². The molecule has 2 N–H and O–H groups in total. The van der Waals surface area contributed by atoms with Crippen molar-refractivity contribution in [2.75, 3.05) is 0 Å². The molecule has 0 aromatic heterocycles. The van der Waals surface area contributed by atoms with Crippen molar-refractivity contribution in [2.24, 2.45) is 17.3 Å². The Hall–Kier alpha value is -1.09. The molecule has 0 spiro atoms. The highest BCUT2D eigenvalue weighted by Gasteiger charge is 2.46. The zero-order valence-electron chi connectivity index (χ0n) is 11.0. The van der Waals surface area contributed by atoms with Gasteiger partial charge in [-0.3, -0.25) is 0 Å². The summed E-state index contributed by atoms with van der Waals surface area (Å²) >= 11 is 0. The number of carboxylic acid groups (broad SMARTS) is 1. The van der Waals surface area contributed by atoms with E-state index in [4.69, 9.17) is 5.11 Å². The van der Waals surface area contributed by atoms with Crippen molar-refractivity contribution in [3.8, 4) is 0 Å². The van der Waals surface area contributed by atoms with Crippen LogP contribution < -0.4 is 0 Å². The van der Waals surface area contributed by atoms with E-state index in [9.17, 15) is 9.90 Å². The van der Waals surface area contributed by atoms with E-state index in [0.29, 0.717) is 17.9 Å². The third-order valence-corrected chi connectivity index (χ3v) is 4.89. The summed E-state index contributed by atoms with van der Waals surface area (Å²) in [4.78, 5) is 11.0. The van der Waals surface area contributed by atoms with Gasteiger partial charge in [-0.05, 0) is 49.4 Å². The van der Waals surface area contributed by atoms with Crippen LogP contribution in [0.1, 0.15) is 39.0 Å². The standard InChI is InChI=1S/C15H22O3/c1-9-6-12(16)8-15(3)5-4-11(7-13(9)15)10(2)14(17)18/h11-13,16H,1-2,4-8H2,3H3,(H,17,18)/t11-,12-,13-,15-/m1/s1. The fraction of sp³-hybridized carbons (Fsp3) is 0.667. The molecule has 2 saturated carbocycles. The molecule has 100 valence electrons. The van der Waals surface area contributed by atoms with Crippen molar-refractivity contribution in [1.29, 1.82) is 0 Å². The number of hydrogen-bond acceptors (Lipinski definition) is 2. The van der Waals surface area contributed by atoms with E-state index in [1.165, 1.54) is 0 Å². The van der Waals surface area contributed by atoms with Crippen LogP contribution in [0.25, 0.3) is 0 Å². The molecule has 0 aromatic rings. The van der Waals surface area contributed by atoms with Crippen LogP contribution in [0.3, 0.4) is 0 Å². The molecule has 3 nitrogen and oxygen atoms in total. The van der Waals surface area contributed by atoms with Gasteiger partial charge in [0.25, 0.3) is 0 Å². The maximum atomic E-state index is 11.0. The Morgan fingerprint density at radius 2 is 2.17 bits per heavy atom. The minimum Gasteiger partial charge on any atom is -0.478 e. The Bertz CT molecular complexity index is 399. The van der Waals surface area contributed by atoms with E-state index in [1.54, 1.807) is 0 Å². The summed E-state index contributed by atoms with van der Waals surface area (Å²) in [6.07, 6.45) is 3.82. The second-order valence-corrected chi connectivity index (χ2v) is 6.23. The maximum absolute atomic E-state index is 11.0. The van der Waals surface area contributed by atoms with Crippen LogP contribution in [0, 0.1) is 17.3 Å². The summed E-state index contributed by atoms with van der Waals surface area (Å²) in [5, 5.41) is 18.9. The number of aliphatic hydroxyl groups excluding tert-OH is 1. The first kappa shape index (κ1) is 13.3. The first-order chi connectivity index (χ1) is 8.33. The lowest BCUT2D eigenvalue weighted by molar-refractivity contribution is -0.133. The number of rotatable bonds is 2. The van der Waals surface area contributed by atoms with Crippen molar-refractivity contribution < 1.29 is 15.0 Å². The van der Waals surface area contributed by atoms with E-state index >= 15 is 0 Å². The van der Waals surface area contributed by atoms with Gasteiger partial charge in [-0.2, -0.15) is 0 Å². The second kappa shape index (κ2) is 4.54. The molecule has 0 unspecified atom stereocenters. The Labute approximate surface area is 108 Å². The largest absolute Gasteiger partial charge is 0.478 e. The molecule has 0 bridgehead atoms. The topological polar surface area (TPSA) is 57.5 Å². The van der Waals surface area contributed by atoms with Gasteiger partial charge in [0.2, 0.25) is 0 Å². The van der Waals surface area contributed by atoms with Crippen LogP contribution in [-0.2, 0) is 4.79 Å². The molecular weight excluding hydrogens is 228 g/mol.